The minimum atomic E-state index is -0.513. The molecule has 8 nitrogen and oxygen atoms in total. The van der Waals surface area contributed by atoms with Crippen LogP contribution in [0.25, 0.3) is 17.1 Å². The second-order valence-electron chi connectivity index (χ2n) is 6.96. The van der Waals surface area contributed by atoms with Gasteiger partial charge in [-0.1, -0.05) is 60.3 Å². The van der Waals surface area contributed by atoms with Crippen molar-refractivity contribution in [2.75, 3.05) is 20.0 Å². The maximum absolute atomic E-state index is 12.6. The van der Waals surface area contributed by atoms with Crippen LogP contribution in [0.15, 0.2) is 84.0 Å². The van der Waals surface area contributed by atoms with Gasteiger partial charge in [0.15, 0.2) is 22.5 Å². The van der Waals surface area contributed by atoms with Gasteiger partial charge in [0.25, 0.3) is 0 Å². The lowest BCUT2D eigenvalue weighted by molar-refractivity contribution is -0.131. The van der Waals surface area contributed by atoms with Crippen molar-refractivity contribution in [1.82, 2.24) is 14.8 Å². The molecule has 0 amide bonds. The third-order valence-corrected chi connectivity index (χ3v) is 5.71. The van der Waals surface area contributed by atoms with Crippen LogP contribution in [-0.4, -0.2) is 46.7 Å². The highest BCUT2D eigenvalue weighted by molar-refractivity contribution is 7.99. The Labute approximate surface area is 200 Å². The van der Waals surface area contributed by atoms with Crippen molar-refractivity contribution >= 4 is 23.7 Å². The Hall–Kier alpha value is -4.11. The number of thioether (sulfide) groups is 1. The van der Waals surface area contributed by atoms with Gasteiger partial charge >= 0.3 is 11.9 Å². The summed E-state index contributed by atoms with van der Waals surface area (Å²) in [6, 6.07) is 23.8. The molecule has 1 heterocycles. The molecule has 4 aromatic rings. The Kier molecular flexibility index (Phi) is 7.24. The molecule has 1 aromatic heterocycles. The fraction of sp³-hybridized carbons (Fsp3) is 0.120. The maximum atomic E-state index is 12.6. The van der Waals surface area contributed by atoms with Crippen LogP contribution in [0.5, 0.6) is 11.5 Å². The molecular formula is C25H21N3O5S. The summed E-state index contributed by atoms with van der Waals surface area (Å²) in [6.07, 6.45) is 0. The molecule has 0 fully saturated rings. The molecule has 3 aromatic carbocycles. The zero-order valence-electron chi connectivity index (χ0n) is 18.5. The van der Waals surface area contributed by atoms with E-state index in [9.17, 15) is 9.59 Å². The Morgan fingerprint density at radius 3 is 2.26 bits per heavy atom. The molecule has 4 rings (SSSR count). The van der Waals surface area contributed by atoms with Gasteiger partial charge in [-0.2, -0.15) is 0 Å². The van der Waals surface area contributed by atoms with Crippen molar-refractivity contribution < 1.29 is 23.8 Å². The van der Waals surface area contributed by atoms with Gasteiger partial charge in [0, 0.05) is 11.3 Å². The number of carbonyl (C=O) groups excluding carboxylic acids is 2. The molecule has 0 spiro atoms. The first-order valence-electron chi connectivity index (χ1n) is 10.3. The van der Waals surface area contributed by atoms with E-state index in [1.807, 2.05) is 65.2 Å². The second-order valence-corrected chi connectivity index (χ2v) is 7.91. The predicted octanol–water partition coefficient (Wildman–Crippen LogP) is 4.43. The van der Waals surface area contributed by atoms with E-state index in [1.165, 1.54) is 44.2 Å². The van der Waals surface area contributed by atoms with Crippen molar-refractivity contribution in [2.24, 2.45) is 0 Å². The number of ether oxygens (including phenoxy) is 3. The lowest BCUT2D eigenvalue weighted by atomic mass is 10.2. The summed E-state index contributed by atoms with van der Waals surface area (Å²) < 4.78 is 17.3. The standard InChI is InChI=1S/C25H21N3O5S/c1-31-21-15-18(24(30)32-2)13-14-20(21)33-22(29)16-34-25-27-26-23(17-9-5-3-6-10-17)28(25)19-11-7-4-8-12-19/h3-15H,16H2,1-2H3. The van der Waals surface area contributed by atoms with Crippen molar-refractivity contribution in [2.45, 2.75) is 5.16 Å². The summed E-state index contributed by atoms with van der Waals surface area (Å²) in [4.78, 5) is 24.3. The summed E-state index contributed by atoms with van der Waals surface area (Å²) in [5.41, 5.74) is 2.07. The fourth-order valence-corrected chi connectivity index (χ4v) is 3.95. The minimum Gasteiger partial charge on any atom is -0.493 e. The second kappa shape index (κ2) is 10.7. The number of nitrogens with zero attached hydrogens (tertiary/aromatic N) is 3. The topological polar surface area (TPSA) is 92.5 Å². The summed E-state index contributed by atoms with van der Waals surface area (Å²) in [5.74, 6) is 0.0963. The van der Waals surface area contributed by atoms with Gasteiger partial charge in [-0.15, -0.1) is 10.2 Å². The van der Waals surface area contributed by atoms with Crippen LogP contribution in [0.3, 0.4) is 0 Å². The molecule has 0 aliphatic heterocycles. The zero-order valence-corrected chi connectivity index (χ0v) is 19.3. The summed E-state index contributed by atoms with van der Waals surface area (Å²) >= 11 is 1.21. The molecule has 9 heteroatoms. The molecule has 0 radical (unpaired) electrons. The molecule has 0 atom stereocenters. The molecule has 0 saturated heterocycles. The lowest BCUT2D eigenvalue weighted by Gasteiger charge is -2.11. The zero-order chi connectivity index (χ0) is 23.9. The number of hydrogen-bond acceptors (Lipinski definition) is 8. The first kappa shape index (κ1) is 23.1. The summed E-state index contributed by atoms with van der Waals surface area (Å²) in [5, 5.41) is 9.23. The molecular weight excluding hydrogens is 454 g/mol. The van der Waals surface area contributed by atoms with E-state index in [2.05, 4.69) is 10.2 Å². The number of hydrogen-bond donors (Lipinski definition) is 0. The number of carbonyl (C=O) groups is 2. The van der Waals surface area contributed by atoms with E-state index in [-0.39, 0.29) is 22.8 Å². The van der Waals surface area contributed by atoms with Crippen LogP contribution in [0.2, 0.25) is 0 Å². The van der Waals surface area contributed by atoms with Gasteiger partial charge in [0.05, 0.1) is 25.5 Å². The highest BCUT2D eigenvalue weighted by atomic mass is 32.2. The molecule has 0 bridgehead atoms. The third-order valence-electron chi connectivity index (χ3n) is 4.81. The minimum absolute atomic E-state index is 0.0122. The number of benzene rings is 3. The Balaban J connectivity index is 1.54. The summed E-state index contributed by atoms with van der Waals surface area (Å²) in [7, 11) is 2.72. The van der Waals surface area contributed by atoms with Crippen molar-refractivity contribution in [1.29, 1.82) is 0 Å². The highest BCUT2D eigenvalue weighted by Crippen LogP contribution is 2.30. The first-order valence-corrected chi connectivity index (χ1v) is 11.3. The van der Waals surface area contributed by atoms with Gasteiger partial charge in [0.1, 0.15) is 0 Å². The first-order chi connectivity index (χ1) is 16.6. The van der Waals surface area contributed by atoms with E-state index < -0.39 is 11.9 Å². The van der Waals surface area contributed by atoms with Crippen LogP contribution in [0.1, 0.15) is 10.4 Å². The van der Waals surface area contributed by atoms with Crippen LogP contribution in [-0.2, 0) is 9.53 Å². The quantitative estimate of drug-likeness (QED) is 0.210. The molecule has 0 N–H and O–H groups in total. The van der Waals surface area contributed by atoms with E-state index >= 15 is 0 Å². The summed E-state index contributed by atoms with van der Waals surface area (Å²) in [6.45, 7) is 0. The SMILES string of the molecule is COC(=O)c1ccc(OC(=O)CSc2nnc(-c3ccccc3)n2-c2ccccc2)c(OC)c1. The highest BCUT2D eigenvalue weighted by Gasteiger charge is 2.19. The van der Waals surface area contributed by atoms with Crippen molar-refractivity contribution in [3.8, 4) is 28.6 Å². The number of esters is 2. The largest absolute Gasteiger partial charge is 0.493 e. The van der Waals surface area contributed by atoms with Gasteiger partial charge < -0.3 is 14.2 Å². The average Bonchev–Trinajstić information content (AvgIpc) is 3.32. The monoisotopic (exact) mass is 475 g/mol. The molecule has 0 aliphatic rings. The smallest absolute Gasteiger partial charge is 0.337 e. The van der Waals surface area contributed by atoms with Gasteiger partial charge in [-0.05, 0) is 30.3 Å². The Bertz CT molecular complexity index is 1290. The van der Waals surface area contributed by atoms with E-state index in [0.717, 1.165) is 11.3 Å². The van der Waals surface area contributed by atoms with Gasteiger partial charge in [0.2, 0.25) is 0 Å². The molecule has 0 aliphatic carbocycles. The molecule has 172 valence electrons. The van der Waals surface area contributed by atoms with E-state index in [1.54, 1.807) is 0 Å². The van der Waals surface area contributed by atoms with Crippen molar-refractivity contribution in [3.05, 3.63) is 84.4 Å². The van der Waals surface area contributed by atoms with Crippen molar-refractivity contribution in [3.63, 3.8) is 0 Å². The lowest BCUT2D eigenvalue weighted by Crippen LogP contribution is -2.12. The Morgan fingerprint density at radius 1 is 0.882 bits per heavy atom. The van der Waals surface area contributed by atoms with Crippen LogP contribution in [0.4, 0.5) is 0 Å². The van der Waals surface area contributed by atoms with Crippen LogP contribution < -0.4 is 9.47 Å². The number of para-hydroxylation sites is 1. The third kappa shape index (κ3) is 5.10. The predicted molar refractivity (Wildman–Crippen MR) is 127 cm³/mol. The number of aromatic nitrogens is 3. The van der Waals surface area contributed by atoms with E-state index in [4.69, 9.17) is 14.2 Å². The molecule has 0 saturated carbocycles. The van der Waals surface area contributed by atoms with E-state index in [0.29, 0.717) is 11.0 Å². The van der Waals surface area contributed by atoms with Gasteiger partial charge in [-0.3, -0.25) is 9.36 Å². The average molecular weight is 476 g/mol. The van der Waals surface area contributed by atoms with Crippen LogP contribution >= 0.6 is 11.8 Å². The van der Waals surface area contributed by atoms with Crippen LogP contribution in [0, 0.1) is 0 Å². The molecule has 34 heavy (non-hydrogen) atoms. The number of rotatable bonds is 8. The maximum Gasteiger partial charge on any atom is 0.337 e. The van der Waals surface area contributed by atoms with Gasteiger partial charge in [-0.25, -0.2) is 4.79 Å². The Morgan fingerprint density at radius 2 is 1.59 bits per heavy atom. The number of methoxy groups -OCH3 is 2. The fourth-order valence-electron chi connectivity index (χ4n) is 3.22. The normalized spacial score (nSPS) is 10.5. The molecule has 0 unspecified atom stereocenters.